The van der Waals surface area contributed by atoms with Crippen LogP contribution in [0.25, 0.3) is 5.69 Å². The Labute approximate surface area is 140 Å². The molecule has 0 aliphatic carbocycles. The van der Waals surface area contributed by atoms with E-state index in [2.05, 4.69) is 10.4 Å². The lowest BCUT2D eigenvalue weighted by Crippen LogP contribution is -2.38. The second kappa shape index (κ2) is 8.26. The Kier molecular flexibility index (Phi) is 6.08. The molecule has 0 spiro atoms. The lowest BCUT2D eigenvalue weighted by Gasteiger charge is -2.12. The van der Waals surface area contributed by atoms with E-state index in [9.17, 15) is 9.59 Å². The first-order chi connectivity index (χ1) is 11.6. The van der Waals surface area contributed by atoms with Crippen molar-refractivity contribution < 1.29 is 19.4 Å². The molecule has 1 atom stereocenters. The van der Waals surface area contributed by atoms with Crippen LogP contribution >= 0.6 is 0 Å². The zero-order valence-corrected chi connectivity index (χ0v) is 13.7. The summed E-state index contributed by atoms with van der Waals surface area (Å²) in [6, 6.07) is 9.56. The number of carbonyl (C=O) groups is 2. The molecule has 0 saturated heterocycles. The van der Waals surface area contributed by atoms with Crippen molar-refractivity contribution in [1.82, 2.24) is 15.1 Å². The number of carboxylic acids is 1. The van der Waals surface area contributed by atoms with E-state index in [1.165, 1.54) is 13.3 Å². The molecule has 0 bridgehead atoms. The molecule has 0 radical (unpaired) electrons. The highest BCUT2D eigenvalue weighted by Crippen LogP contribution is 2.16. The van der Waals surface area contributed by atoms with Crippen LogP contribution in [-0.2, 0) is 16.0 Å². The second-order valence-corrected chi connectivity index (χ2v) is 5.27. The molecule has 7 heteroatoms. The Morgan fingerprint density at radius 2 is 2.04 bits per heavy atom. The van der Waals surface area contributed by atoms with E-state index in [-0.39, 0.29) is 12.5 Å². The van der Waals surface area contributed by atoms with Crippen LogP contribution in [0.4, 0.5) is 0 Å². The number of methoxy groups -OCH3 is 1. The molecule has 2 N–H and O–H groups in total. The van der Waals surface area contributed by atoms with Gasteiger partial charge in [0.25, 0.3) is 5.91 Å². The fraction of sp³-hybridized carbons (Fsp3) is 0.353. The zero-order chi connectivity index (χ0) is 17.5. The first-order valence-electron chi connectivity index (χ1n) is 7.74. The minimum atomic E-state index is -1.12. The topological polar surface area (TPSA) is 93.4 Å². The Morgan fingerprint density at radius 1 is 1.33 bits per heavy atom. The van der Waals surface area contributed by atoms with Crippen LogP contribution in [0.3, 0.4) is 0 Å². The first kappa shape index (κ1) is 17.7. The maximum atomic E-state index is 12.4. The van der Waals surface area contributed by atoms with Gasteiger partial charge in [-0.3, -0.25) is 4.79 Å². The number of hydrogen-bond donors (Lipinski definition) is 2. The molecule has 1 heterocycles. The molecule has 0 saturated carbocycles. The minimum Gasteiger partial charge on any atom is -0.479 e. The van der Waals surface area contributed by atoms with Crippen LogP contribution in [0.1, 0.15) is 29.4 Å². The number of benzene rings is 1. The predicted octanol–water partition coefficient (Wildman–Crippen LogP) is 1.65. The molecule has 1 aromatic heterocycles. The average molecular weight is 331 g/mol. The van der Waals surface area contributed by atoms with E-state index in [0.29, 0.717) is 12.0 Å². The molecular formula is C17H21N3O4. The lowest BCUT2D eigenvalue weighted by molar-refractivity contribution is -0.148. The van der Waals surface area contributed by atoms with Gasteiger partial charge in [-0.25, -0.2) is 9.48 Å². The summed E-state index contributed by atoms with van der Waals surface area (Å²) in [6.07, 6.45) is 1.97. The molecule has 0 fully saturated rings. The summed E-state index contributed by atoms with van der Waals surface area (Å²) >= 11 is 0. The van der Waals surface area contributed by atoms with Crippen LogP contribution in [0.5, 0.6) is 0 Å². The number of amides is 1. The summed E-state index contributed by atoms with van der Waals surface area (Å²) in [5.41, 5.74) is 2.12. The molecule has 128 valence electrons. The van der Waals surface area contributed by atoms with Crippen LogP contribution in [-0.4, -0.2) is 46.5 Å². The van der Waals surface area contributed by atoms with E-state index in [4.69, 9.17) is 9.84 Å². The van der Waals surface area contributed by atoms with Crippen molar-refractivity contribution in [3.05, 3.63) is 47.8 Å². The fourth-order valence-corrected chi connectivity index (χ4v) is 2.38. The second-order valence-electron chi connectivity index (χ2n) is 5.27. The van der Waals surface area contributed by atoms with E-state index in [1.807, 2.05) is 37.3 Å². The molecule has 2 aromatic rings. The summed E-state index contributed by atoms with van der Waals surface area (Å²) in [5, 5.41) is 15.9. The van der Waals surface area contributed by atoms with Crippen LogP contribution in [0, 0.1) is 0 Å². The number of aliphatic carboxylic acids is 1. The standard InChI is InChI=1S/C17H21N3O4/c1-3-7-14-13(16(21)18-11-15(24-2)17(22)23)10-19-20(14)12-8-5-4-6-9-12/h4-6,8-10,15H,3,7,11H2,1-2H3,(H,18,21)(H,22,23). The monoisotopic (exact) mass is 331 g/mol. The molecule has 0 aliphatic rings. The Balaban J connectivity index is 2.22. The van der Waals surface area contributed by atoms with Gasteiger partial charge in [-0.15, -0.1) is 0 Å². The maximum Gasteiger partial charge on any atom is 0.334 e. The maximum absolute atomic E-state index is 12.4. The normalized spacial score (nSPS) is 11.9. The Bertz CT molecular complexity index is 697. The molecule has 0 aliphatic heterocycles. The number of hydrogen-bond acceptors (Lipinski definition) is 4. The third-order valence-corrected chi connectivity index (χ3v) is 3.61. The molecule has 24 heavy (non-hydrogen) atoms. The zero-order valence-electron chi connectivity index (χ0n) is 13.7. The van der Waals surface area contributed by atoms with Crippen molar-refractivity contribution in [1.29, 1.82) is 0 Å². The third-order valence-electron chi connectivity index (χ3n) is 3.61. The number of ether oxygens (including phenoxy) is 1. The van der Waals surface area contributed by atoms with Crippen molar-refractivity contribution in [2.45, 2.75) is 25.9 Å². The quantitative estimate of drug-likeness (QED) is 0.767. The highest BCUT2D eigenvalue weighted by Gasteiger charge is 2.21. The van der Waals surface area contributed by atoms with Gasteiger partial charge in [0.2, 0.25) is 0 Å². The van der Waals surface area contributed by atoms with Crippen LogP contribution in [0.15, 0.2) is 36.5 Å². The van der Waals surface area contributed by atoms with Gasteiger partial charge in [0, 0.05) is 7.11 Å². The smallest absolute Gasteiger partial charge is 0.334 e. The van der Waals surface area contributed by atoms with Gasteiger partial charge < -0.3 is 15.2 Å². The van der Waals surface area contributed by atoms with Crippen LogP contribution < -0.4 is 5.32 Å². The van der Waals surface area contributed by atoms with Gasteiger partial charge in [-0.2, -0.15) is 5.10 Å². The summed E-state index contributed by atoms with van der Waals surface area (Å²) < 4.78 is 6.55. The van der Waals surface area contributed by atoms with Gasteiger partial charge in [0.1, 0.15) is 0 Å². The highest BCUT2D eigenvalue weighted by molar-refractivity contribution is 5.95. The average Bonchev–Trinajstić information content (AvgIpc) is 3.00. The van der Waals surface area contributed by atoms with E-state index in [1.54, 1.807) is 4.68 Å². The van der Waals surface area contributed by atoms with E-state index < -0.39 is 12.1 Å². The number of rotatable bonds is 8. The minimum absolute atomic E-state index is 0.104. The van der Waals surface area contributed by atoms with Crippen molar-refractivity contribution in [3.8, 4) is 5.69 Å². The molecule has 2 rings (SSSR count). The van der Waals surface area contributed by atoms with Crippen molar-refractivity contribution >= 4 is 11.9 Å². The van der Waals surface area contributed by atoms with E-state index in [0.717, 1.165) is 17.8 Å². The van der Waals surface area contributed by atoms with Gasteiger partial charge in [0.05, 0.1) is 29.7 Å². The number of para-hydroxylation sites is 1. The summed E-state index contributed by atoms with van der Waals surface area (Å²) in [4.78, 5) is 23.4. The number of carbonyl (C=O) groups excluding carboxylic acids is 1. The molecular weight excluding hydrogens is 310 g/mol. The lowest BCUT2D eigenvalue weighted by atomic mass is 10.1. The number of carboxylic acid groups (broad SMARTS) is 1. The number of nitrogens with zero attached hydrogens (tertiary/aromatic N) is 2. The fourth-order valence-electron chi connectivity index (χ4n) is 2.38. The predicted molar refractivity (Wildman–Crippen MR) is 88.3 cm³/mol. The summed E-state index contributed by atoms with van der Waals surface area (Å²) in [5.74, 6) is -1.48. The summed E-state index contributed by atoms with van der Waals surface area (Å²) in [7, 11) is 1.29. The van der Waals surface area contributed by atoms with Gasteiger partial charge >= 0.3 is 5.97 Å². The largest absolute Gasteiger partial charge is 0.479 e. The van der Waals surface area contributed by atoms with Gasteiger partial charge in [-0.1, -0.05) is 31.5 Å². The third kappa shape index (κ3) is 3.99. The van der Waals surface area contributed by atoms with Crippen LogP contribution in [0.2, 0.25) is 0 Å². The SMILES string of the molecule is CCCc1c(C(=O)NCC(OC)C(=O)O)cnn1-c1ccccc1. The first-order valence-corrected chi connectivity index (χ1v) is 7.74. The Morgan fingerprint density at radius 3 is 2.62 bits per heavy atom. The molecule has 1 amide bonds. The number of nitrogens with one attached hydrogen (secondary N) is 1. The molecule has 1 unspecified atom stereocenters. The highest BCUT2D eigenvalue weighted by atomic mass is 16.5. The number of aromatic nitrogens is 2. The summed E-state index contributed by atoms with van der Waals surface area (Å²) in [6.45, 7) is 1.92. The van der Waals surface area contributed by atoms with Gasteiger partial charge in [0.15, 0.2) is 6.10 Å². The van der Waals surface area contributed by atoms with Gasteiger partial charge in [-0.05, 0) is 18.6 Å². The molecule has 7 nitrogen and oxygen atoms in total. The van der Waals surface area contributed by atoms with Crippen molar-refractivity contribution in [2.24, 2.45) is 0 Å². The van der Waals surface area contributed by atoms with E-state index >= 15 is 0 Å². The molecule has 1 aromatic carbocycles. The van der Waals surface area contributed by atoms with Crippen molar-refractivity contribution in [2.75, 3.05) is 13.7 Å². The van der Waals surface area contributed by atoms with Crippen molar-refractivity contribution in [3.63, 3.8) is 0 Å². The Hall–Kier alpha value is -2.67.